The molecule has 2 N–H and O–H groups in total. The molecule has 1 aliphatic carbocycles. The van der Waals surface area contributed by atoms with Crippen LogP contribution in [0.1, 0.15) is 54.3 Å². The quantitative estimate of drug-likeness (QED) is 0.623. The molecule has 4 aliphatic rings. The molecular formula is C29H38N6OS. The molecule has 2 fully saturated rings. The molecule has 2 saturated heterocycles. The minimum Gasteiger partial charge on any atom is -0.365 e. The molecule has 0 radical (unpaired) electrons. The lowest BCUT2D eigenvalue weighted by atomic mass is 9.95. The zero-order valence-electron chi connectivity index (χ0n) is 22.2. The zero-order valence-corrected chi connectivity index (χ0v) is 23.0. The molecule has 6 rings (SSSR count). The molecule has 0 spiro atoms. The van der Waals surface area contributed by atoms with Gasteiger partial charge in [0.25, 0.3) is 0 Å². The molecule has 8 heteroatoms. The Kier molecular flexibility index (Phi) is 6.80. The smallest absolute Gasteiger partial charge is 0.317 e. The number of carbonyl (C=O) groups excluding carboxylic acids is 1. The number of hydrogen-bond donors (Lipinski definition) is 2. The Balaban J connectivity index is 1.10. The fourth-order valence-corrected chi connectivity index (χ4v) is 7.50. The summed E-state index contributed by atoms with van der Waals surface area (Å²) >= 11 is 2.03. The van der Waals surface area contributed by atoms with Gasteiger partial charge in [0.2, 0.25) is 0 Å². The second kappa shape index (κ2) is 10.2. The highest BCUT2D eigenvalue weighted by Gasteiger charge is 2.35. The van der Waals surface area contributed by atoms with Gasteiger partial charge >= 0.3 is 6.03 Å². The highest BCUT2D eigenvalue weighted by Crippen LogP contribution is 2.43. The number of aromatic nitrogens is 2. The molecule has 2 amide bonds. The van der Waals surface area contributed by atoms with Crippen molar-refractivity contribution < 1.29 is 4.79 Å². The second-order valence-corrected chi connectivity index (χ2v) is 12.5. The van der Waals surface area contributed by atoms with Crippen LogP contribution >= 0.6 is 11.8 Å². The minimum atomic E-state index is 0.0531. The van der Waals surface area contributed by atoms with E-state index in [1.165, 1.54) is 33.7 Å². The fourth-order valence-electron chi connectivity index (χ4n) is 6.14. The second-order valence-electron chi connectivity index (χ2n) is 11.0. The zero-order chi connectivity index (χ0) is 25.5. The first-order valence-electron chi connectivity index (χ1n) is 13.6. The number of carbonyl (C=O) groups is 1. The number of amides is 2. The molecule has 196 valence electrons. The number of H-pyrrole nitrogens is 1. The van der Waals surface area contributed by atoms with Gasteiger partial charge in [0, 0.05) is 61.7 Å². The number of aryl methyl sites for hydroxylation is 1. The summed E-state index contributed by atoms with van der Waals surface area (Å²) in [5, 5.41) is 12.4. The maximum Gasteiger partial charge on any atom is 0.317 e. The summed E-state index contributed by atoms with van der Waals surface area (Å²) in [5.74, 6) is 0. The standard InChI is InChI=1S/C29H38N6OS/c1-19-7-4-5-8-22(19)16-34-13-6-9-23(17-34)30-29(36)35-14-12-25-24(18-35)28(32-31-25)21-10-11-27-26(15-21)33(3)20(2)37-27/h4-5,7-8,10,15,20,23,27H,6,9,11-14,16-18H2,1-3H3,(H,30,36)(H,31,32). The Hall–Kier alpha value is -2.71. The van der Waals surface area contributed by atoms with Gasteiger partial charge in [-0.3, -0.25) is 10.00 Å². The third-order valence-corrected chi connectivity index (χ3v) is 9.95. The summed E-state index contributed by atoms with van der Waals surface area (Å²) < 4.78 is 0. The van der Waals surface area contributed by atoms with E-state index in [4.69, 9.17) is 5.10 Å². The van der Waals surface area contributed by atoms with Gasteiger partial charge in [-0.1, -0.05) is 30.3 Å². The van der Waals surface area contributed by atoms with Gasteiger partial charge in [0.15, 0.2) is 0 Å². The first-order chi connectivity index (χ1) is 18.0. The number of urea groups is 1. The Morgan fingerprint density at radius 1 is 1.27 bits per heavy atom. The van der Waals surface area contributed by atoms with E-state index >= 15 is 0 Å². The molecule has 1 aromatic carbocycles. The van der Waals surface area contributed by atoms with Crippen LogP contribution in [0.15, 0.2) is 42.1 Å². The lowest BCUT2D eigenvalue weighted by Gasteiger charge is -2.35. The number of thioether (sulfide) groups is 1. The SMILES string of the molecule is Cc1ccccc1CN1CCCC(NC(=O)N2CCc3[nH]nc(C4=CCC5SC(C)N(C)C5=C4)c3C2)C1. The van der Waals surface area contributed by atoms with E-state index in [2.05, 4.69) is 77.5 Å². The van der Waals surface area contributed by atoms with E-state index in [0.717, 1.165) is 57.6 Å². The summed E-state index contributed by atoms with van der Waals surface area (Å²) in [5.41, 5.74) is 8.65. The first-order valence-corrected chi connectivity index (χ1v) is 14.6. The third kappa shape index (κ3) is 4.93. The van der Waals surface area contributed by atoms with E-state index < -0.39 is 0 Å². The summed E-state index contributed by atoms with van der Waals surface area (Å²) in [4.78, 5) is 20.2. The number of rotatable bonds is 4. The maximum absolute atomic E-state index is 13.4. The van der Waals surface area contributed by atoms with Crippen molar-refractivity contribution in [3.63, 3.8) is 0 Å². The minimum absolute atomic E-state index is 0.0531. The van der Waals surface area contributed by atoms with E-state index in [1.807, 2.05) is 16.7 Å². The molecule has 1 aromatic heterocycles. The van der Waals surface area contributed by atoms with Crippen molar-refractivity contribution in [1.29, 1.82) is 0 Å². The lowest BCUT2D eigenvalue weighted by Crippen LogP contribution is -2.52. The summed E-state index contributed by atoms with van der Waals surface area (Å²) in [6, 6.07) is 8.85. The number of hydrogen-bond acceptors (Lipinski definition) is 5. The topological polar surface area (TPSA) is 67.5 Å². The van der Waals surface area contributed by atoms with Crippen LogP contribution in [0.2, 0.25) is 0 Å². The summed E-state index contributed by atoms with van der Waals surface area (Å²) in [6.45, 7) is 8.71. The average Bonchev–Trinajstić information content (AvgIpc) is 3.45. The molecule has 3 aliphatic heterocycles. The number of fused-ring (bicyclic) bond motifs is 2. The Bertz CT molecular complexity index is 1230. The van der Waals surface area contributed by atoms with Gasteiger partial charge in [-0.05, 0) is 56.9 Å². The van der Waals surface area contributed by atoms with Crippen LogP contribution in [0.4, 0.5) is 4.79 Å². The monoisotopic (exact) mass is 518 g/mol. The number of nitrogens with one attached hydrogen (secondary N) is 2. The van der Waals surface area contributed by atoms with Crippen molar-refractivity contribution in [3.8, 4) is 0 Å². The first kappa shape index (κ1) is 24.6. The largest absolute Gasteiger partial charge is 0.365 e. The normalized spacial score (nSPS) is 25.9. The fraction of sp³-hybridized carbons (Fsp3) is 0.517. The van der Waals surface area contributed by atoms with Crippen molar-refractivity contribution >= 4 is 23.4 Å². The van der Waals surface area contributed by atoms with Crippen molar-refractivity contribution in [2.75, 3.05) is 26.7 Å². The molecule has 3 atom stereocenters. The van der Waals surface area contributed by atoms with Crippen molar-refractivity contribution in [3.05, 3.63) is 70.2 Å². The predicted molar refractivity (Wildman–Crippen MR) is 150 cm³/mol. The van der Waals surface area contributed by atoms with Crippen LogP contribution in [0.5, 0.6) is 0 Å². The predicted octanol–water partition coefficient (Wildman–Crippen LogP) is 4.51. The molecule has 0 bridgehead atoms. The van der Waals surface area contributed by atoms with Crippen LogP contribution in [0.3, 0.4) is 0 Å². The van der Waals surface area contributed by atoms with Gasteiger partial charge in [-0.2, -0.15) is 5.10 Å². The molecule has 3 unspecified atom stereocenters. The molecule has 7 nitrogen and oxygen atoms in total. The van der Waals surface area contributed by atoms with Crippen molar-refractivity contribution in [1.82, 2.24) is 30.2 Å². The van der Waals surface area contributed by atoms with Gasteiger partial charge in [-0.15, -0.1) is 11.8 Å². The molecular weight excluding hydrogens is 480 g/mol. The van der Waals surface area contributed by atoms with Gasteiger partial charge in [0.05, 0.1) is 22.9 Å². The van der Waals surface area contributed by atoms with Crippen LogP contribution in [0, 0.1) is 6.92 Å². The number of benzene rings is 1. The maximum atomic E-state index is 13.4. The van der Waals surface area contributed by atoms with E-state index in [9.17, 15) is 4.79 Å². The number of allylic oxidation sites excluding steroid dienone is 3. The van der Waals surface area contributed by atoms with Crippen LogP contribution in [-0.4, -0.2) is 74.3 Å². The summed E-state index contributed by atoms with van der Waals surface area (Å²) in [6.07, 6.45) is 8.64. The van der Waals surface area contributed by atoms with Crippen LogP contribution in [0.25, 0.3) is 5.57 Å². The van der Waals surface area contributed by atoms with E-state index in [-0.39, 0.29) is 12.1 Å². The number of aromatic amines is 1. The van der Waals surface area contributed by atoms with Crippen LogP contribution in [-0.2, 0) is 19.5 Å². The van der Waals surface area contributed by atoms with Gasteiger partial charge in [-0.25, -0.2) is 4.79 Å². The highest BCUT2D eigenvalue weighted by atomic mass is 32.2. The molecule has 2 aromatic rings. The number of likely N-dealkylation sites (tertiary alicyclic amines) is 1. The van der Waals surface area contributed by atoms with E-state index in [0.29, 0.717) is 17.2 Å². The van der Waals surface area contributed by atoms with Crippen molar-refractivity contribution in [2.24, 2.45) is 0 Å². The number of nitrogens with zero attached hydrogens (tertiary/aromatic N) is 4. The van der Waals surface area contributed by atoms with Gasteiger partial charge < -0.3 is 15.1 Å². The average molecular weight is 519 g/mol. The summed E-state index contributed by atoms with van der Waals surface area (Å²) in [7, 11) is 2.19. The number of piperidine rings is 1. The Labute approximate surface area is 224 Å². The third-order valence-electron chi connectivity index (χ3n) is 8.48. The molecule has 4 heterocycles. The highest BCUT2D eigenvalue weighted by molar-refractivity contribution is 8.00. The van der Waals surface area contributed by atoms with Crippen molar-refractivity contribution in [2.45, 2.75) is 69.3 Å². The molecule has 37 heavy (non-hydrogen) atoms. The van der Waals surface area contributed by atoms with Crippen LogP contribution < -0.4 is 5.32 Å². The van der Waals surface area contributed by atoms with Gasteiger partial charge in [0.1, 0.15) is 0 Å². The lowest BCUT2D eigenvalue weighted by molar-refractivity contribution is 0.160. The Morgan fingerprint density at radius 3 is 3.00 bits per heavy atom. The Morgan fingerprint density at radius 2 is 2.14 bits per heavy atom. The van der Waals surface area contributed by atoms with E-state index in [1.54, 1.807) is 0 Å². The molecule has 0 saturated carbocycles.